The van der Waals surface area contributed by atoms with Gasteiger partial charge in [-0.15, -0.1) is 0 Å². The summed E-state index contributed by atoms with van der Waals surface area (Å²) >= 11 is 0. The van der Waals surface area contributed by atoms with Gasteiger partial charge in [-0.25, -0.2) is 4.98 Å². The van der Waals surface area contributed by atoms with E-state index >= 15 is 0 Å². The quantitative estimate of drug-likeness (QED) is 0.810. The Morgan fingerprint density at radius 3 is 2.95 bits per heavy atom. The number of hydrogen-bond donors (Lipinski definition) is 0. The van der Waals surface area contributed by atoms with Crippen LogP contribution in [0.3, 0.4) is 0 Å². The fraction of sp³-hybridized carbons (Fsp3) is 0.500. The number of hydrogen-bond acceptors (Lipinski definition) is 4. The minimum Gasteiger partial charge on any atom is -0.340 e. The van der Waals surface area contributed by atoms with Gasteiger partial charge in [0.05, 0.1) is 5.56 Å². The Kier molecular flexibility index (Phi) is 4.13. The lowest BCUT2D eigenvalue weighted by atomic mass is 10.1. The van der Waals surface area contributed by atoms with E-state index in [4.69, 9.17) is 5.26 Å². The molecule has 0 aliphatic carbocycles. The summed E-state index contributed by atoms with van der Waals surface area (Å²) in [6.45, 7) is 2.89. The van der Waals surface area contributed by atoms with Crippen LogP contribution in [-0.2, 0) is 0 Å². The van der Waals surface area contributed by atoms with Gasteiger partial charge in [0.2, 0.25) is 0 Å². The molecule has 1 aliphatic rings. The van der Waals surface area contributed by atoms with Crippen molar-refractivity contribution in [1.29, 1.82) is 5.26 Å². The van der Waals surface area contributed by atoms with E-state index in [2.05, 4.69) is 16.9 Å². The van der Waals surface area contributed by atoms with E-state index in [1.165, 1.54) is 6.20 Å². The van der Waals surface area contributed by atoms with Crippen molar-refractivity contribution in [2.24, 2.45) is 5.92 Å². The van der Waals surface area contributed by atoms with Crippen LogP contribution in [0.4, 0.5) is 0 Å². The Bertz CT molecular complexity index is 491. The van der Waals surface area contributed by atoms with Crippen molar-refractivity contribution in [3.05, 3.63) is 29.6 Å². The molecule has 1 aromatic heterocycles. The van der Waals surface area contributed by atoms with Gasteiger partial charge in [-0.2, -0.15) is 5.26 Å². The molecule has 0 bridgehead atoms. The number of nitrogens with zero attached hydrogens (tertiary/aromatic N) is 4. The van der Waals surface area contributed by atoms with E-state index in [0.717, 1.165) is 26.1 Å². The predicted octanol–water partition coefficient (Wildman–Crippen LogP) is 0.977. The number of nitriles is 1. The van der Waals surface area contributed by atoms with Gasteiger partial charge in [-0.3, -0.25) is 4.79 Å². The summed E-state index contributed by atoms with van der Waals surface area (Å²) in [7, 11) is 3.91. The summed E-state index contributed by atoms with van der Waals surface area (Å²) in [5, 5.41) is 8.70. The van der Waals surface area contributed by atoms with Gasteiger partial charge < -0.3 is 9.80 Å². The third-order valence-electron chi connectivity index (χ3n) is 3.48. The minimum absolute atomic E-state index is 0.0842. The molecule has 5 nitrogen and oxygen atoms in total. The predicted molar refractivity (Wildman–Crippen MR) is 71.5 cm³/mol. The van der Waals surface area contributed by atoms with Gasteiger partial charge in [0.15, 0.2) is 0 Å². The zero-order valence-corrected chi connectivity index (χ0v) is 11.3. The van der Waals surface area contributed by atoms with E-state index in [1.807, 2.05) is 6.07 Å². The topological polar surface area (TPSA) is 60.2 Å². The van der Waals surface area contributed by atoms with Crippen molar-refractivity contribution in [2.45, 2.75) is 6.42 Å². The average Bonchev–Trinajstić information content (AvgIpc) is 2.83. The Labute approximate surface area is 113 Å². The number of carbonyl (C=O) groups is 1. The lowest BCUT2D eigenvalue weighted by Crippen LogP contribution is -2.33. The monoisotopic (exact) mass is 258 g/mol. The van der Waals surface area contributed by atoms with Crippen LogP contribution in [0.1, 0.15) is 22.5 Å². The maximum Gasteiger partial charge on any atom is 0.272 e. The molecule has 1 saturated heterocycles. The second kappa shape index (κ2) is 5.81. The second-order valence-corrected chi connectivity index (χ2v) is 5.15. The Morgan fingerprint density at radius 1 is 1.63 bits per heavy atom. The van der Waals surface area contributed by atoms with Crippen molar-refractivity contribution in [3.8, 4) is 6.07 Å². The molecule has 1 aliphatic heterocycles. The molecule has 0 spiro atoms. The smallest absolute Gasteiger partial charge is 0.272 e. The molecule has 1 aromatic rings. The maximum absolute atomic E-state index is 12.2. The first-order valence-corrected chi connectivity index (χ1v) is 6.40. The van der Waals surface area contributed by atoms with Crippen LogP contribution in [-0.4, -0.2) is 54.4 Å². The third-order valence-corrected chi connectivity index (χ3v) is 3.48. The Morgan fingerprint density at radius 2 is 2.42 bits per heavy atom. The lowest BCUT2D eigenvalue weighted by Gasteiger charge is -2.20. The van der Waals surface area contributed by atoms with Gasteiger partial charge in [-0.05, 0) is 38.1 Å². The maximum atomic E-state index is 12.2. The highest BCUT2D eigenvalue weighted by Gasteiger charge is 2.23. The molecule has 0 radical (unpaired) electrons. The number of amides is 1. The van der Waals surface area contributed by atoms with Crippen LogP contribution in [0.25, 0.3) is 0 Å². The molecular weight excluding hydrogens is 240 g/mol. The zero-order chi connectivity index (χ0) is 13.8. The Balaban J connectivity index is 1.96. The number of likely N-dealkylation sites (tertiary alicyclic amines) is 1. The van der Waals surface area contributed by atoms with Crippen molar-refractivity contribution < 1.29 is 4.79 Å². The molecule has 19 heavy (non-hydrogen) atoms. The van der Waals surface area contributed by atoms with Crippen LogP contribution < -0.4 is 0 Å². The van der Waals surface area contributed by atoms with Crippen LogP contribution in [0.15, 0.2) is 18.3 Å². The first-order valence-electron chi connectivity index (χ1n) is 6.40. The molecule has 0 N–H and O–H groups in total. The van der Waals surface area contributed by atoms with Crippen LogP contribution in [0.2, 0.25) is 0 Å². The summed E-state index contributed by atoms with van der Waals surface area (Å²) < 4.78 is 0. The lowest BCUT2D eigenvalue weighted by molar-refractivity contribution is 0.0768. The number of rotatable bonds is 3. The summed E-state index contributed by atoms with van der Waals surface area (Å²) in [6, 6.07) is 5.22. The highest BCUT2D eigenvalue weighted by atomic mass is 16.2. The number of pyridine rings is 1. The van der Waals surface area contributed by atoms with Crippen molar-refractivity contribution in [1.82, 2.24) is 14.8 Å². The first kappa shape index (κ1) is 13.5. The van der Waals surface area contributed by atoms with E-state index in [1.54, 1.807) is 24.1 Å². The highest BCUT2D eigenvalue weighted by molar-refractivity contribution is 5.92. The molecule has 1 atom stereocenters. The molecule has 0 aromatic carbocycles. The van der Waals surface area contributed by atoms with Crippen molar-refractivity contribution >= 4 is 5.91 Å². The summed E-state index contributed by atoms with van der Waals surface area (Å²) in [6.07, 6.45) is 2.57. The van der Waals surface area contributed by atoms with Crippen LogP contribution >= 0.6 is 0 Å². The Hall–Kier alpha value is -1.93. The molecule has 1 amide bonds. The van der Waals surface area contributed by atoms with E-state index in [9.17, 15) is 4.79 Å². The van der Waals surface area contributed by atoms with Crippen molar-refractivity contribution in [2.75, 3.05) is 33.7 Å². The third kappa shape index (κ3) is 3.30. The average molecular weight is 258 g/mol. The fourth-order valence-corrected chi connectivity index (χ4v) is 2.43. The number of aromatic nitrogens is 1. The van der Waals surface area contributed by atoms with Gasteiger partial charge in [0.1, 0.15) is 11.8 Å². The summed E-state index contributed by atoms with van der Waals surface area (Å²) in [4.78, 5) is 20.2. The molecule has 0 saturated carbocycles. The SMILES string of the molecule is CN1CCC(CN(C)C(=O)c2ccc(C#N)cn2)C1. The van der Waals surface area contributed by atoms with Gasteiger partial charge in [0.25, 0.3) is 5.91 Å². The second-order valence-electron chi connectivity index (χ2n) is 5.15. The molecule has 2 heterocycles. The molecule has 100 valence electrons. The van der Waals surface area contributed by atoms with Crippen molar-refractivity contribution in [3.63, 3.8) is 0 Å². The van der Waals surface area contributed by atoms with Gasteiger partial charge in [-0.1, -0.05) is 0 Å². The van der Waals surface area contributed by atoms with E-state index in [-0.39, 0.29) is 5.91 Å². The van der Waals surface area contributed by atoms with Gasteiger partial charge >= 0.3 is 0 Å². The van der Waals surface area contributed by atoms with Crippen LogP contribution in [0.5, 0.6) is 0 Å². The first-order chi connectivity index (χ1) is 9.10. The molecule has 1 fully saturated rings. The standard InChI is InChI=1S/C14H18N4O/c1-17-6-5-12(9-17)10-18(2)14(19)13-4-3-11(7-15)8-16-13/h3-4,8,12H,5-6,9-10H2,1-2H3. The number of carbonyl (C=O) groups excluding carboxylic acids is 1. The fourth-order valence-electron chi connectivity index (χ4n) is 2.43. The van der Waals surface area contributed by atoms with Crippen LogP contribution in [0, 0.1) is 17.2 Å². The minimum atomic E-state index is -0.0842. The molecule has 2 rings (SSSR count). The summed E-state index contributed by atoms with van der Waals surface area (Å²) in [5.41, 5.74) is 0.865. The van der Waals surface area contributed by atoms with E-state index in [0.29, 0.717) is 17.2 Å². The summed E-state index contributed by atoms with van der Waals surface area (Å²) in [5.74, 6) is 0.455. The zero-order valence-electron chi connectivity index (χ0n) is 11.3. The van der Waals surface area contributed by atoms with Gasteiger partial charge in [0, 0.05) is 26.3 Å². The largest absolute Gasteiger partial charge is 0.340 e. The normalized spacial score (nSPS) is 19.1. The molecular formula is C14H18N4O. The van der Waals surface area contributed by atoms with E-state index < -0.39 is 0 Å². The molecule has 5 heteroatoms. The molecule has 1 unspecified atom stereocenters. The highest BCUT2D eigenvalue weighted by Crippen LogP contribution is 2.16.